The summed E-state index contributed by atoms with van der Waals surface area (Å²) in [5.41, 5.74) is 1.27. The number of nitrogens with zero attached hydrogens (tertiary/aromatic N) is 9. The Bertz CT molecular complexity index is 1200. The summed E-state index contributed by atoms with van der Waals surface area (Å²) in [7, 11) is 8.48. The summed E-state index contributed by atoms with van der Waals surface area (Å²) in [6, 6.07) is 0. The monoisotopic (exact) mass is 633 g/mol. The van der Waals surface area contributed by atoms with Gasteiger partial charge in [-0.3, -0.25) is 4.79 Å². The van der Waals surface area contributed by atoms with Crippen LogP contribution in [-0.4, -0.2) is 164 Å². The zero-order valence-electron chi connectivity index (χ0n) is 27.9. The Morgan fingerprint density at radius 3 is 1.53 bits per heavy atom. The molecule has 0 aromatic carbocycles. The van der Waals surface area contributed by atoms with Gasteiger partial charge in [0.2, 0.25) is 17.8 Å². The molecule has 2 aromatic heterocycles. The summed E-state index contributed by atoms with van der Waals surface area (Å²) in [6.07, 6.45) is 1.95. The minimum Gasteiger partial charge on any atom is -0.383 e. The summed E-state index contributed by atoms with van der Waals surface area (Å²) < 4.78 is 27.4. The zero-order chi connectivity index (χ0) is 32.2. The van der Waals surface area contributed by atoms with E-state index < -0.39 is 0 Å². The molecule has 2 saturated heterocycles. The molecule has 2 aliphatic rings. The van der Waals surface area contributed by atoms with Crippen molar-refractivity contribution in [1.29, 1.82) is 0 Å². The molecule has 0 N–H and O–H groups in total. The molecule has 0 bridgehead atoms. The molecule has 45 heavy (non-hydrogen) atoms. The van der Waals surface area contributed by atoms with Crippen LogP contribution in [-0.2, 0) is 28.5 Å². The van der Waals surface area contributed by atoms with Crippen molar-refractivity contribution in [2.45, 2.75) is 25.9 Å². The number of ether oxygens (including phenoxy) is 5. The van der Waals surface area contributed by atoms with Crippen molar-refractivity contribution < 1.29 is 28.5 Å². The first-order chi connectivity index (χ1) is 22.0. The average Bonchev–Trinajstić information content (AvgIpc) is 3.07. The number of hydrogen-bond acceptors (Lipinski definition) is 14. The maximum absolute atomic E-state index is 13.1. The summed E-state index contributed by atoms with van der Waals surface area (Å²) in [6.45, 7) is 9.96. The number of likely N-dealkylation sites (N-methyl/N-ethyl adjacent to an activating group) is 1. The first-order valence-electron chi connectivity index (χ1n) is 15.8. The second-order valence-electron chi connectivity index (χ2n) is 11.2. The van der Waals surface area contributed by atoms with Crippen LogP contribution in [0, 0.1) is 0 Å². The van der Waals surface area contributed by atoms with E-state index >= 15 is 0 Å². The van der Waals surface area contributed by atoms with E-state index in [0.29, 0.717) is 101 Å². The van der Waals surface area contributed by atoms with Crippen molar-refractivity contribution >= 4 is 40.5 Å². The van der Waals surface area contributed by atoms with Gasteiger partial charge in [0.1, 0.15) is 11.0 Å². The van der Waals surface area contributed by atoms with Crippen LogP contribution in [0.3, 0.4) is 0 Å². The van der Waals surface area contributed by atoms with Crippen LogP contribution >= 0.6 is 0 Å². The highest BCUT2D eigenvalue weighted by molar-refractivity contribution is 5.96. The molecule has 2 aromatic rings. The third-order valence-electron chi connectivity index (χ3n) is 8.39. The van der Waals surface area contributed by atoms with Crippen LogP contribution in [0.25, 0.3) is 11.0 Å². The van der Waals surface area contributed by atoms with Gasteiger partial charge in [0.25, 0.3) is 0 Å². The summed E-state index contributed by atoms with van der Waals surface area (Å²) in [4.78, 5) is 44.0. The van der Waals surface area contributed by atoms with Gasteiger partial charge in [-0.2, -0.15) is 9.97 Å². The first-order valence-corrected chi connectivity index (χ1v) is 15.8. The number of anilines is 4. The molecule has 1 amide bonds. The van der Waals surface area contributed by atoms with Crippen LogP contribution in [0.5, 0.6) is 0 Å². The molecule has 15 heteroatoms. The molecule has 0 aliphatic carbocycles. The number of amides is 1. The molecule has 2 fully saturated rings. The van der Waals surface area contributed by atoms with E-state index in [1.54, 1.807) is 35.5 Å². The fourth-order valence-electron chi connectivity index (χ4n) is 5.64. The number of piperazine rings is 1. The number of carbonyl (C=O) groups is 1. The molecule has 4 rings (SSSR count). The van der Waals surface area contributed by atoms with Crippen LogP contribution < -0.4 is 19.6 Å². The van der Waals surface area contributed by atoms with E-state index in [0.717, 1.165) is 31.7 Å². The van der Waals surface area contributed by atoms with Gasteiger partial charge in [0, 0.05) is 94.5 Å². The number of piperidine rings is 1. The lowest BCUT2D eigenvalue weighted by Crippen LogP contribution is -2.50. The van der Waals surface area contributed by atoms with Crippen LogP contribution in [0.2, 0.25) is 0 Å². The number of aromatic nitrogens is 4. The molecular formula is C30H51N9O6. The van der Waals surface area contributed by atoms with Crippen molar-refractivity contribution in [3.63, 3.8) is 0 Å². The molecule has 2 aliphatic heterocycles. The predicted molar refractivity (Wildman–Crippen MR) is 174 cm³/mol. The summed E-state index contributed by atoms with van der Waals surface area (Å²) in [5.74, 6) is 2.50. The van der Waals surface area contributed by atoms with Gasteiger partial charge < -0.3 is 48.2 Å². The molecule has 0 radical (unpaired) electrons. The Labute approximate surface area is 266 Å². The van der Waals surface area contributed by atoms with E-state index in [-0.39, 0.29) is 18.6 Å². The lowest BCUT2D eigenvalue weighted by Gasteiger charge is -2.36. The second-order valence-corrected chi connectivity index (χ2v) is 11.2. The van der Waals surface area contributed by atoms with E-state index in [1.165, 1.54) is 0 Å². The van der Waals surface area contributed by atoms with Gasteiger partial charge in [0.15, 0.2) is 11.6 Å². The number of methoxy groups -OCH3 is 5. The molecule has 252 valence electrons. The molecular weight excluding hydrogens is 582 g/mol. The number of carbonyl (C=O) groups excluding carboxylic acids is 1. The normalized spacial score (nSPS) is 16.2. The quantitative estimate of drug-likeness (QED) is 0.230. The first kappa shape index (κ1) is 34.8. The van der Waals surface area contributed by atoms with Crippen molar-refractivity contribution in [3.8, 4) is 0 Å². The van der Waals surface area contributed by atoms with Gasteiger partial charge in [0.05, 0.1) is 39.1 Å². The lowest BCUT2D eigenvalue weighted by molar-refractivity contribution is -0.130. The Balaban J connectivity index is 1.93. The maximum atomic E-state index is 13.1. The Morgan fingerprint density at radius 2 is 1.13 bits per heavy atom. The van der Waals surface area contributed by atoms with Gasteiger partial charge in [-0.1, -0.05) is 0 Å². The van der Waals surface area contributed by atoms with E-state index in [2.05, 4.69) is 14.7 Å². The van der Waals surface area contributed by atoms with Crippen molar-refractivity contribution in [3.05, 3.63) is 0 Å². The highest BCUT2D eigenvalue weighted by Crippen LogP contribution is 2.34. The van der Waals surface area contributed by atoms with Gasteiger partial charge in [-0.05, 0) is 19.8 Å². The molecule has 0 unspecified atom stereocenters. The minimum absolute atomic E-state index is 0.0608. The van der Waals surface area contributed by atoms with Crippen LogP contribution in [0.4, 0.5) is 23.5 Å². The number of hydrogen-bond donors (Lipinski definition) is 0. The Hall–Kier alpha value is -3.11. The fourth-order valence-corrected chi connectivity index (χ4v) is 5.64. The van der Waals surface area contributed by atoms with Crippen molar-refractivity contribution in [2.75, 3.05) is 147 Å². The largest absolute Gasteiger partial charge is 0.383 e. The van der Waals surface area contributed by atoms with Crippen molar-refractivity contribution in [2.24, 2.45) is 0 Å². The fraction of sp³-hybridized carbons (Fsp3) is 0.767. The Morgan fingerprint density at radius 1 is 0.667 bits per heavy atom. The maximum Gasteiger partial charge on any atom is 0.242 e. The summed E-state index contributed by atoms with van der Waals surface area (Å²) in [5, 5.41) is 0. The number of fused-ring (bicyclic) bond motifs is 1. The predicted octanol–water partition coefficient (Wildman–Crippen LogP) is 0.902. The second kappa shape index (κ2) is 17.5. The van der Waals surface area contributed by atoms with E-state index in [4.69, 9.17) is 43.6 Å². The van der Waals surface area contributed by atoms with E-state index in [9.17, 15) is 4.79 Å². The topological polar surface area (TPSA) is 131 Å². The SMILES string of the molecule is CCN1CCN(c2nc(N(CCOC)CCOC)nc3c(N4CCC(OC)CC4)nc(N(CCOC)CCOC)nc23)CC1=O. The van der Waals surface area contributed by atoms with Gasteiger partial charge in [-0.15, -0.1) is 0 Å². The van der Waals surface area contributed by atoms with Gasteiger partial charge >= 0.3 is 0 Å². The highest BCUT2D eigenvalue weighted by atomic mass is 16.5. The highest BCUT2D eigenvalue weighted by Gasteiger charge is 2.31. The van der Waals surface area contributed by atoms with Gasteiger partial charge in [-0.25, -0.2) is 9.97 Å². The molecule has 0 spiro atoms. The minimum atomic E-state index is 0.0608. The number of rotatable bonds is 18. The van der Waals surface area contributed by atoms with Crippen LogP contribution in [0.1, 0.15) is 19.8 Å². The lowest BCUT2D eigenvalue weighted by atomic mass is 10.1. The third-order valence-corrected chi connectivity index (χ3v) is 8.39. The van der Waals surface area contributed by atoms with Crippen molar-refractivity contribution in [1.82, 2.24) is 24.8 Å². The third kappa shape index (κ3) is 8.79. The molecule has 0 atom stereocenters. The van der Waals surface area contributed by atoms with Crippen LogP contribution in [0.15, 0.2) is 0 Å². The smallest absolute Gasteiger partial charge is 0.242 e. The summed E-state index contributed by atoms with van der Waals surface area (Å²) >= 11 is 0. The molecule has 0 saturated carbocycles. The average molecular weight is 634 g/mol. The molecule has 15 nitrogen and oxygen atoms in total. The molecule has 4 heterocycles. The van der Waals surface area contributed by atoms with E-state index in [1.807, 2.05) is 16.7 Å². The standard InChI is InChI=1S/C30H51N9O6/c1-7-35-12-13-39(22-24(35)40)28-26-25(31-30(34-28)38(16-20-43-4)17-21-44-5)27(36-10-8-23(45-6)9-11-36)33-29(32-26)37(14-18-41-2)15-19-42-3/h23H,7-22H2,1-6H3. The Kier molecular flexibility index (Phi) is 13.6. The zero-order valence-corrected chi connectivity index (χ0v) is 27.9.